The predicted molar refractivity (Wildman–Crippen MR) is 60.4 cm³/mol. The topological polar surface area (TPSA) is 63.4 Å². The SMILES string of the molecule is CS(=O)(=O)CCN1C2CCC1CC(N)C2. The highest BCUT2D eigenvalue weighted by Crippen LogP contribution is 2.34. The molecule has 4 nitrogen and oxygen atoms in total. The third-order valence-corrected chi connectivity index (χ3v) is 4.57. The van der Waals surface area contributed by atoms with Gasteiger partial charge in [-0.1, -0.05) is 0 Å². The fraction of sp³-hybridized carbons (Fsp3) is 1.00. The molecule has 2 N–H and O–H groups in total. The van der Waals surface area contributed by atoms with E-state index >= 15 is 0 Å². The Morgan fingerprint density at radius 1 is 1.27 bits per heavy atom. The minimum atomic E-state index is -2.83. The van der Waals surface area contributed by atoms with Crippen molar-refractivity contribution in [2.24, 2.45) is 5.73 Å². The molecule has 2 heterocycles. The molecule has 0 radical (unpaired) electrons. The molecule has 2 rings (SSSR count). The van der Waals surface area contributed by atoms with E-state index < -0.39 is 9.84 Å². The van der Waals surface area contributed by atoms with Gasteiger partial charge in [0.1, 0.15) is 9.84 Å². The molecule has 0 amide bonds. The van der Waals surface area contributed by atoms with Gasteiger partial charge in [-0.3, -0.25) is 4.90 Å². The van der Waals surface area contributed by atoms with Crippen LogP contribution in [0.15, 0.2) is 0 Å². The second-order valence-corrected chi connectivity index (χ2v) is 7.24. The quantitative estimate of drug-likeness (QED) is 0.743. The summed E-state index contributed by atoms with van der Waals surface area (Å²) in [6, 6.07) is 1.41. The number of sulfone groups is 1. The summed E-state index contributed by atoms with van der Waals surface area (Å²) in [6.07, 6.45) is 5.79. The van der Waals surface area contributed by atoms with Crippen LogP contribution in [0.1, 0.15) is 25.7 Å². The van der Waals surface area contributed by atoms with Crippen molar-refractivity contribution < 1.29 is 8.42 Å². The fourth-order valence-corrected chi connectivity index (χ4v) is 3.50. The molecule has 88 valence electrons. The number of nitrogens with zero attached hydrogens (tertiary/aromatic N) is 1. The Morgan fingerprint density at radius 2 is 1.80 bits per heavy atom. The van der Waals surface area contributed by atoms with E-state index in [-0.39, 0.29) is 5.75 Å². The van der Waals surface area contributed by atoms with Gasteiger partial charge < -0.3 is 5.73 Å². The lowest BCUT2D eigenvalue weighted by Gasteiger charge is -2.37. The maximum Gasteiger partial charge on any atom is 0.148 e. The van der Waals surface area contributed by atoms with Crippen LogP contribution in [-0.2, 0) is 9.84 Å². The Hall–Kier alpha value is -0.130. The average Bonchev–Trinajstić information content (AvgIpc) is 2.33. The van der Waals surface area contributed by atoms with Crippen molar-refractivity contribution in [1.29, 1.82) is 0 Å². The minimum Gasteiger partial charge on any atom is -0.328 e. The third-order valence-electron chi connectivity index (χ3n) is 3.64. The van der Waals surface area contributed by atoms with Crippen LogP contribution in [0, 0.1) is 0 Å². The van der Waals surface area contributed by atoms with Crippen LogP contribution >= 0.6 is 0 Å². The molecule has 0 aromatic carbocycles. The van der Waals surface area contributed by atoms with Crippen LogP contribution in [-0.4, -0.2) is 50.0 Å². The molecule has 2 aliphatic rings. The van der Waals surface area contributed by atoms with Crippen molar-refractivity contribution in [3.8, 4) is 0 Å². The van der Waals surface area contributed by atoms with Gasteiger partial charge in [0.05, 0.1) is 5.75 Å². The Labute approximate surface area is 91.7 Å². The monoisotopic (exact) mass is 232 g/mol. The maximum atomic E-state index is 11.1. The van der Waals surface area contributed by atoms with Gasteiger partial charge in [-0.25, -0.2) is 8.42 Å². The highest BCUT2D eigenvalue weighted by molar-refractivity contribution is 7.90. The lowest BCUT2D eigenvalue weighted by atomic mass is 9.98. The molecule has 2 bridgehead atoms. The standard InChI is InChI=1S/C10H20N2O2S/c1-15(13,14)5-4-12-9-2-3-10(12)7-8(11)6-9/h8-10H,2-7,11H2,1H3. The van der Waals surface area contributed by atoms with Gasteiger partial charge in [-0.05, 0) is 25.7 Å². The van der Waals surface area contributed by atoms with E-state index in [2.05, 4.69) is 4.90 Å². The van der Waals surface area contributed by atoms with Gasteiger partial charge in [0.2, 0.25) is 0 Å². The molecule has 2 unspecified atom stereocenters. The first-order valence-electron chi connectivity index (χ1n) is 5.65. The van der Waals surface area contributed by atoms with Gasteiger partial charge >= 0.3 is 0 Å². The highest BCUT2D eigenvalue weighted by atomic mass is 32.2. The van der Waals surface area contributed by atoms with Crippen molar-refractivity contribution in [1.82, 2.24) is 4.90 Å². The van der Waals surface area contributed by atoms with E-state index in [9.17, 15) is 8.42 Å². The van der Waals surface area contributed by atoms with Gasteiger partial charge in [-0.2, -0.15) is 0 Å². The second kappa shape index (κ2) is 4.03. The zero-order chi connectivity index (χ0) is 11.1. The Balaban J connectivity index is 1.94. The van der Waals surface area contributed by atoms with Crippen LogP contribution < -0.4 is 5.73 Å². The summed E-state index contributed by atoms with van der Waals surface area (Å²) in [5, 5.41) is 0. The summed E-state index contributed by atoms with van der Waals surface area (Å²) in [4.78, 5) is 2.37. The predicted octanol–water partition coefficient (Wildman–Crippen LogP) is -0.0149. The number of fused-ring (bicyclic) bond motifs is 2. The average molecular weight is 232 g/mol. The number of nitrogens with two attached hydrogens (primary N) is 1. The lowest BCUT2D eigenvalue weighted by Crippen LogP contribution is -2.48. The van der Waals surface area contributed by atoms with Crippen molar-refractivity contribution in [3.05, 3.63) is 0 Å². The lowest BCUT2D eigenvalue weighted by molar-refractivity contribution is 0.136. The van der Waals surface area contributed by atoms with Gasteiger partial charge in [0, 0.05) is 30.9 Å². The summed E-state index contributed by atoms with van der Waals surface area (Å²) in [7, 11) is -2.83. The van der Waals surface area contributed by atoms with Crippen LogP contribution in [0.5, 0.6) is 0 Å². The first-order valence-corrected chi connectivity index (χ1v) is 7.71. The Morgan fingerprint density at radius 3 is 2.27 bits per heavy atom. The normalized spacial score (nSPS) is 37.1. The molecular formula is C10H20N2O2S. The summed E-state index contributed by atoms with van der Waals surface area (Å²) >= 11 is 0. The van der Waals surface area contributed by atoms with E-state index in [1.807, 2.05) is 0 Å². The molecule has 0 aromatic rings. The fourth-order valence-electron chi connectivity index (χ4n) is 2.95. The third kappa shape index (κ3) is 2.71. The second-order valence-electron chi connectivity index (χ2n) is 4.98. The minimum absolute atomic E-state index is 0.287. The Kier molecular flexibility index (Phi) is 3.05. The molecule has 0 saturated carbocycles. The highest BCUT2D eigenvalue weighted by Gasteiger charge is 2.39. The summed E-state index contributed by atoms with van der Waals surface area (Å²) in [6.45, 7) is 0.695. The van der Waals surface area contributed by atoms with E-state index in [4.69, 9.17) is 5.73 Å². The van der Waals surface area contributed by atoms with E-state index in [0.29, 0.717) is 24.7 Å². The largest absolute Gasteiger partial charge is 0.328 e. The van der Waals surface area contributed by atoms with Gasteiger partial charge in [-0.15, -0.1) is 0 Å². The van der Waals surface area contributed by atoms with E-state index in [1.54, 1.807) is 0 Å². The van der Waals surface area contributed by atoms with E-state index in [1.165, 1.54) is 19.1 Å². The van der Waals surface area contributed by atoms with Crippen molar-refractivity contribution in [2.45, 2.75) is 43.8 Å². The first-order chi connectivity index (χ1) is 6.96. The zero-order valence-corrected chi connectivity index (χ0v) is 10.0. The van der Waals surface area contributed by atoms with Crippen molar-refractivity contribution in [2.75, 3.05) is 18.6 Å². The molecule has 2 fully saturated rings. The molecule has 0 aromatic heterocycles. The van der Waals surface area contributed by atoms with Crippen molar-refractivity contribution >= 4 is 9.84 Å². The van der Waals surface area contributed by atoms with Crippen LogP contribution in [0.4, 0.5) is 0 Å². The van der Waals surface area contributed by atoms with Crippen LogP contribution in [0.25, 0.3) is 0 Å². The van der Waals surface area contributed by atoms with Crippen LogP contribution in [0.2, 0.25) is 0 Å². The maximum absolute atomic E-state index is 11.1. The molecule has 2 atom stereocenters. The zero-order valence-electron chi connectivity index (χ0n) is 9.22. The van der Waals surface area contributed by atoms with Crippen molar-refractivity contribution in [3.63, 3.8) is 0 Å². The number of hydrogen-bond acceptors (Lipinski definition) is 4. The molecule has 2 aliphatic heterocycles. The first kappa shape index (κ1) is 11.4. The summed E-state index contributed by atoms with van der Waals surface area (Å²) in [5.41, 5.74) is 5.95. The number of hydrogen-bond donors (Lipinski definition) is 1. The molecule has 0 spiro atoms. The molecule has 5 heteroatoms. The van der Waals surface area contributed by atoms with Crippen LogP contribution in [0.3, 0.4) is 0 Å². The smallest absolute Gasteiger partial charge is 0.148 e. The summed E-state index contributed by atoms with van der Waals surface area (Å²) < 4.78 is 22.2. The molecule has 2 saturated heterocycles. The summed E-state index contributed by atoms with van der Waals surface area (Å²) in [5.74, 6) is 0.287. The number of piperidine rings is 1. The van der Waals surface area contributed by atoms with Gasteiger partial charge in [0.15, 0.2) is 0 Å². The number of rotatable bonds is 3. The molecular weight excluding hydrogens is 212 g/mol. The van der Waals surface area contributed by atoms with Gasteiger partial charge in [0.25, 0.3) is 0 Å². The van der Waals surface area contributed by atoms with E-state index in [0.717, 1.165) is 12.8 Å². The molecule has 0 aliphatic carbocycles. The Bertz CT molecular complexity index is 314. The molecule has 15 heavy (non-hydrogen) atoms.